The first-order valence-electron chi connectivity index (χ1n) is 5.09. The Morgan fingerprint density at radius 2 is 2.12 bits per heavy atom. The van der Waals surface area contributed by atoms with Crippen molar-refractivity contribution in [2.75, 3.05) is 11.1 Å². The van der Waals surface area contributed by atoms with Crippen LogP contribution in [0.25, 0.3) is 0 Å². The maximum Gasteiger partial charge on any atom is 0.265 e. The Labute approximate surface area is 97.2 Å². The van der Waals surface area contributed by atoms with Crippen LogP contribution in [0.15, 0.2) is 41.2 Å². The molecule has 0 fully saturated rings. The molecule has 0 saturated carbocycles. The third kappa shape index (κ3) is 2.75. The summed E-state index contributed by atoms with van der Waals surface area (Å²) < 4.78 is 30.4. The first-order valence-corrected chi connectivity index (χ1v) is 5.09. The van der Waals surface area contributed by atoms with Crippen LogP contribution in [0.3, 0.4) is 0 Å². The van der Waals surface area contributed by atoms with E-state index in [0.717, 1.165) is 5.56 Å². The molecule has 0 atom stereocenters. The topological polar surface area (TPSA) is 51.2 Å². The van der Waals surface area contributed by atoms with Crippen molar-refractivity contribution in [1.29, 1.82) is 0 Å². The monoisotopic (exact) mass is 238 g/mol. The Hall–Kier alpha value is -2.04. The van der Waals surface area contributed by atoms with E-state index in [2.05, 4.69) is 5.32 Å². The molecule has 0 bridgehead atoms. The van der Waals surface area contributed by atoms with Gasteiger partial charge in [-0.05, 0) is 24.3 Å². The molecule has 0 aliphatic carbocycles. The molecule has 0 amide bonds. The van der Waals surface area contributed by atoms with Gasteiger partial charge in [-0.3, -0.25) is 0 Å². The molecule has 0 spiro atoms. The lowest BCUT2D eigenvalue weighted by atomic mass is 10.1. The van der Waals surface area contributed by atoms with Crippen LogP contribution in [0.1, 0.15) is 17.6 Å². The Morgan fingerprint density at radius 1 is 1.29 bits per heavy atom. The lowest BCUT2D eigenvalue weighted by molar-refractivity contribution is 0.152. The molecule has 2 aromatic rings. The number of nitrogen functional groups attached to an aromatic ring is 1. The largest absolute Gasteiger partial charge is 0.472 e. The lowest BCUT2D eigenvalue weighted by Crippen LogP contribution is -2.02. The summed E-state index contributed by atoms with van der Waals surface area (Å²) in [5.41, 5.74) is 6.99. The summed E-state index contributed by atoms with van der Waals surface area (Å²) in [6, 6.07) is 6.19. The number of halogens is 2. The van der Waals surface area contributed by atoms with Crippen molar-refractivity contribution in [1.82, 2.24) is 0 Å². The number of rotatable bonds is 4. The van der Waals surface area contributed by atoms with Gasteiger partial charge < -0.3 is 15.5 Å². The quantitative estimate of drug-likeness (QED) is 0.802. The smallest absolute Gasteiger partial charge is 0.265 e. The number of nitrogens with two attached hydrogens (primary N) is 1. The van der Waals surface area contributed by atoms with Gasteiger partial charge in [0, 0.05) is 29.0 Å². The molecule has 0 aliphatic heterocycles. The van der Waals surface area contributed by atoms with E-state index < -0.39 is 6.43 Å². The molecule has 17 heavy (non-hydrogen) atoms. The Morgan fingerprint density at radius 3 is 2.76 bits per heavy atom. The molecule has 1 aromatic heterocycles. The minimum atomic E-state index is -2.55. The first-order chi connectivity index (χ1) is 8.16. The summed E-state index contributed by atoms with van der Waals surface area (Å²) in [4.78, 5) is 0. The number of alkyl halides is 2. The van der Waals surface area contributed by atoms with Gasteiger partial charge in [0.05, 0.1) is 12.5 Å². The molecule has 3 nitrogen and oxygen atoms in total. The van der Waals surface area contributed by atoms with Gasteiger partial charge in [-0.1, -0.05) is 0 Å². The van der Waals surface area contributed by atoms with Crippen molar-refractivity contribution in [3.8, 4) is 0 Å². The number of benzene rings is 1. The van der Waals surface area contributed by atoms with Crippen molar-refractivity contribution in [2.24, 2.45) is 0 Å². The summed E-state index contributed by atoms with van der Waals surface area (Å²) >= 11 is 0. The van der Waals surface area contributed by atoms with E-state index in [9.17, 15) is 8.78 Å². The molecule has 0 radical (unpaired) electrons. The van der Waals surface area contributed by atoms with Gasteiger partial charge in [-0.15, -0.1) is 0 Å². The van der Waals surface area contributed by atoms with E-state index >= 15 is 0 Å². The van der Waals surface area contributed by atoms with Crippen molar-refractivity contribution in [3.05, 3.63) is 47.9 Å². The number of anilines is 2. The molecule has 0 unspecified atom stereocenters. The minimum Gasteiger partial charge on any atom is -0.472 e. The van der Waals surface area contributed by atoms with E-state index in [4.69, 9.17) is 10.2 Å². The molecule has 1 heterocycles. The molecule has 5 heteroatoms. The summed E-state index contributed by atoms with van der Waals surface area (Å²) in [5.74, 6) is 0. The maximum atomic E-state index is 12.8. The Kier molecular flexibility index (Phi) is 3.27. The SMILES string of the molecule is Nc1ccc(NCc2ccoc2)c(C(F)F)c1. The zero-order valence-corrected chi connectivity index (χ0v) is 8.99. The highest BCUT2D eigenvalue weighted by atomic mass is 19.3. The van der Waals surface area contributed by atoms with Gasteiger partial charge in [0.15, 0.2) is 0 Å². The highest BCUT2D eigenvalue weighted by molar-refractivity contribution is 5.58. The Bertz CT molecular complexity index is 483. The van der Waals surface area contributed by atoms with E-state index in [1.54, 1.807) is 24.5 Å². The summed E-state index contributed by atoms with van der Waals surface area (Å²) in [7, 11) is 0. The average Bonchev–Trinajstić information content (AvgIpc) is 2.80. The van der Waals surface area contributed by atoms with Crippen LogP contribution in [-0.2, 0) is 6.54 Å². The molecule has 0 aliphatic rings. The second-order valence-electron chi connectivity index (χ2n) is 3.63. The second-order valence-corrected chi connectivity index (χ2v) is 3.63. The molecular formula is C12H12F2N2O. The normalized spacial score (nSPS) is 10.8. The molecule has 2 rings (SSSR count). The zero-order valence-electron chi connectivity index (χ0n) is 8.99. The van der Waals surface area contributed by atoms with Gasteiger partial charge in [-0.25, -0.2) is 8.78 Å². The molecule has 0 saturated heterocycles. The fourth-order valence-electron chi connectivity index (χ4n) is 1.51. The van der Waals surface area contributed by atoms with Gasteiger partial charge in [0.1, 0.15) is 0 Å². The lowest BCUT2D eigenvalue weighted by Gasteiger charge is -2.11. The standard InChI is InChI=1S/C12H12F2N2O/c13-12(14)10-5-9(15)1-2-11(10)16-6-8-3-4-17-7-8/h1-5,7,12,16H,6,15H2. The highest BCUT2D eigenvalue weighted by Crippen LogP contribution is 2.29. The Balaban J connectivity index is 2.14. The predicted molar refractivity (Wildman–Crippen MR) is 61.8 cm³/mol. The predicted octanol–water partition coefficient (Wildman–Crippen LogP) is 3.41. The highest BCUT2D eigenvalue weighted by Gasteiger charge is 2.13. The van der Waals surface area contributed by atoms with Crippen molar-refractivity contribution in [3.63, 3.8) is 0 Å². The fourth-order valence-corrected chi connectivity index (χ4v) is 1.51. The van der Waals surface area contributed by atoms with Crippen LogP contribution in [0.2, 0.25) is 0 Å². The number of hydrogen-bond donors (Lipinski definition) is 2. The van der Waals surface area contributed by atoms with Crippen LogP contribution in [0.4, 0.5) is 20.2 Å². The van der Waals surface area contributed by atoms with Crippen molar-refractivity contribution >= 4 is 11.4 Å². The summed E-state index contributed by atoms with van der Waals surface area (Å²) in [5, 5.41) is 2.93. The van der Waals surface area contributed by atoms with Crippen molar-refractivity contribution in [2.45, 2.75) is 13.0 Å². The van der Waals surface area contributed by atoms with Gasteiger partial charge in [-0.2, -0.15) is 0 Å². The number of furan rings is 1. The van der Waals surface area contributed by atoms with Crippen LogP contribution < -0.4 is 11.1 Å². The zero-order chi connectivity index (χ0) is 12.3. The van der Waals surface area contributed by atoms with E-state index in [-0.39, 0.29) is 5.56 Å². The molecule has 3 N–H and O–H groups in total. The molecule has 1 aromatic carbocycles. The third-order valence-electron chi connectivity index (χ3n) is 2.37. The molecular weight excluding hydrogens is 226 g/mol. The molecule has 90 valence electrons. The van der Waals surface area contributed by atoms with Gasteiger partial charge in [0.25, 0.3) is 6.43 Å². The van der Waals surface area contributed by atoms with Gasteiger partial charge >= 0.3 is 0 Å². The van der Waals surface area contributed by atoms with Crippen LogP contribution in [0, 0.1) is 0 Å². The van der Waals surface area contributed by atoms with Crippen LogP contribution in [-0.4, -0.2) is 0 Å². The van der Waals surface area contributed by atoms with Gasteiger partial charge in [0.2, 0.25) is 0 Å². The average molecular weight is 238 g/mol. The second kappa shape index (κ2) is 4.86. The third-order valence-corrected chi connectivity index (χ3v) is 2.37. The van der Waals surface area contributed by atoms with E-state index in [1.807, 2.05) is 0 Å². The minimum absolute atomic E-state index is 0.0894. The first kappa shape index (κ1) is 11.4. The number of nitrogens with one attached hydrogen (secondary N) is 1. The van der Waals surface area contributed by atoms with Crippen LogP contribution >= 0.6 is 0 Å². The summed E-state index contributed by atoms with van der Waals surface area (Å²) in [6.45, 7) is 0.431. The van der Waals surface area contributed by atoms with E-state index in [1.165, 1.54) is 12.3 Å². The van der Waals surface area contributed by atoms with E-state index in [0.29, 0.717) is 17.9 Å². The number of hydrogen-bond acceptors (Lipinski definition) is 3. The summed E-state index contributed by atoms with van der Waals surface area (Å²) in [6.07, 6.45) is 0.547. The fraction of sp³-hybridized carbons (Fsp3) is 0.167. The van der Waals surface area contributed by atoms with Crippen LogP contribution in [0.5, 0.6) is 0 Å². The maximum absolute atomic E-state index is 12.8. The van der Waals surface area contributed by atoms with Crippen molar-refractivity contribution < 1.29 is 13.2 Å².